The van der Waals surface area contributed by atoms with Crippen LogP contribution in [0.1, 0.15) is 36.0 Å². The summed E-state index contributed by atoms with van der Waals surface area (Å²) in [5.41, 5.74) is 6.10. The van der Waals surface area contributed by atoms with Gasteiger partial charge in [-0.15, -0.1) is 0 Å². The van der Waals surface area contributed by atoms with Crippen molar-refractivity contribution in [1.29, 1.82) is 0 Å². The number of rotatable bonds is 4. The van der Waals surface area contributed by atoms with Gasteiger partial charge in [0.2, 0.25) is 0 Å². The minimum absolute atomic E-state index is 0.0881. The number of hydrogen-bond acceptors (Lipinski definition) is 3. The van der Waals surface area contributed by atoms with Crippen molar-refractivity contribution in [3.8, 4) is 0 Å². The molecule has 2 aliphatic carbocycles. The number of carbonyl (C=O) groups is 1. The highest BCUT2D eigenvalue weighted by Gasteiger charge is 2.42. The first-order chi connectivity index (χ1) is 8.63. The lowest BCUT2D eigenvalue weighted by atomic mass is 10.1. The zero-order valence-electron chi connectivity index (χ0n) is 10.0. The zero-order valence-corrected chi connectivity index (χ0v) is 10.8. The number of pyridine rings is 1. The van der Waals surface area contributed by atoms with E-state index in [0.717, 1.165) is 0 Å². The summed E-state index contributed by atoms with van der Waals surface area (Å²) in [7, 11) is 0. The van der Waals surface area contributed by atoms with E-state index in [2.05, 4.69) is 10.3 Å². The van der Waals surface area contributed by atoms with Gasteiger partial charge in [-0.2, -0.15) is 0 Å². The average Bonchev–Trinajstić information content (AvgIpc) is 3.14. The molecular formula is C13H16ClN3O. The van der Waals surface area contributed by atoms with Crippen LogP contribution < -0.4 is 11.1 Å². The summed E-state index contributed by atoms with van der Waals surface area (Å²) in [6, 6.07) is 3.47. The number of hydrogen-bond donors (Lipinski definition) is 2. The van der Waals surface area contributed by atoms with Crippen LogP contribution in [0.4, 0.5) is 5.82 Å². The number of nitrogens with two attached hydrogens (primary N) is 1. The quantitative estimate of drug-likeness (QED) is 0.821. The van der Waals surface area contributed by atoms with Crippen molar-refractivity contribution < 1.29 is 4.79 Å². The SMILES string of the molecule is Nc1cc(C(=O)NC(C2CC2)C2CC2)cc(Cl)n1. The van der Waals surface area contributed by atoms with E-state index in [1.165, 1.54) is 25.7 Å². The number of halogens is 1. The Balaban J connectivity index is 1.72. The molecule has 96 valence electrons. The van der Waals surface area contributed by atoms with Crippen molar-refractivity contribution in [1.82, 2.24) is 10.3 Å². The summed E-state index contributed by atoms with van der Waals surface area (Å²) in [5, 5.41) is 3.39. The van der Waals surface area contributed by atoms with Gasteiger partial charge in [0.05, 0.1) is 0 Å². The summed E-state index contributed by atoms with van der Waals surface area (Å²) in [6.07, 6.45) is 4.95. The van der Waals surface area contributed by atoms with E-state index in [4.69, 9.17) is 17.3 Å². The predicted molar refractivity (Wildman–Crippen MR) is 70.4 cm³/mol. The number of nitrogens with one attached hydrogen (secondary N) is 1. The summed E-state index contributed by atoms with van der Waals surface area (Å²) < 4.78 is 0. The maximum atomic E-state index is 12.2. The highest BCUT2D eigenvalue weighted by molar-refractivity contribution is 6.29. The third-order valence-corrected chi connectivity index (χ3v) is 3.83. The lowest BCUT2D eigenvalue weighted by Gasteiger charge is -2.17. The second-order valence-electron chi connectivity index (χ2n) is 5.28. The number of nitrogen functional groups attached to an aromatic ring is 1. The van der Waals surface area contributed by atoms with Crippen molar-refractivity contribution in [3.63, 3.8) is 0 Å². The van der Waals surface area contributed by atoms with Crippen LogP contribution in [-0.2, 0) is 0 Å². The average molecular weight is 266 g/mol. The Labute approximate surface area is 111 Å². The first-order valence-electron chi connectivity index (χ1n) is 6.37. The summed E-state index contributed by atoms with van der Waals surface area (Å²) >= 11 is 5.81. The Morgan fingerprint density at radius 2 is 1.94 bits per heavy atom. The molecule has 3 rings (SSSR count). The van der Waals surface area contributed by atoms with Gasteiger partial charge in [-0.05, 0) is 49.7 Å². The summed E-state index contributed by atoms with van der Waals surface area (Å²) in [5.74, 6) is 1.55. The maximum Gasteiger partial charge on any atom is 0.251 e. The van der Waals surface area contributed by atoms with Gasteiger partial charge in [-0.1, -0.05) is 11.6 Å². The van der Waals surface area contributed by atoms with Gasteiger partial charge >= 0.3 is 0 Å². The minimum Gasteiger partial charge on any atom is -0.384 e. The molecule has 0 saturated heterocycles. The summed E-state index contributed by atoms with van der Waals surface area (Å²) in [4.78, 5) is 16.0. The van der Waals surface area contributed by atoms with Gasteiger partial charge in [0.1, 0.15) is 11.0 Å². The minimum atomic E-state index is -0.0881. The van der Waals surface area contributed by atoms with Gasteiger partial charge in [0.15, 0.2) is 0 Å². The molecule has 2 aliphatic rings. The fourth-order valence-electron chi connectivity index (χ4n) is 2.41. The number of aromatic nitrogens is 1. The molecular weight excluding hydrogens is 250 g/mol. The van der Waals surface area contributed by atoms with Crippen molar-refractivity contribution in [2.24, 2.45) is 11.8 Å². The molecule has 3 N–H and O–H groups in total. The van der Waals surface area contributed by atoms with Crippen LogP contribution in [-0.4, -0.2) is 16.9 Å². The van der Waals surface area contributed by atoms with E-state index in [1.807, 2.05) is 0 Å². The Kier molecular flexibility index (Phi) is 2.90. The van der Waals surface area contributed by atoms with Crippen LogP contribution >= 0.6 is 11.6 Å². The van der Waals surface area contributed by atoms with Crippen LogP contribution in [0.15, 0.2) is 12.1 Å². The molecule has 5 heteroatoms. The molecule has 18 heavy (non-hydrogen) atoms. The van der Waals surface area contributed by atoms with Crippen molar-refractivity contribution in [2.45, 2.75) is 31.7 Å². The van der Waals surface area contributed by atoms with E-state index in [9.17, 15) is 4.79 Å². The van der Waals surface area contributed by atoms with Crippen molar-refractivity contribution in [2.75, 3.05) is 5.73 Å². The monoisotopic (exact) mass is 265 g/mol. The highest BCUT2D eigenvalue weighted by atomic mass is 35.5. The number of anilines is 1. The Bertz CT molecular complexity index is 451. The second-order valence-corrected chi connectivity index (χ2v) is 5.66. The Morgan fingerprint density at radius 1 is 1.33 bits per heavy atom. The zero-order chi connectivity index (χ0) is 12.7. The van der Waals surface area contributed by atoms with Gasteiger partial charge in [-0.3, -0.25) is 4.79 Å². The molecule has 0 bridgehead atoms. The standard InChI is InChI=1S/C13H16ClN3O/c14-10-5-9(6-11(15)16-10)13(18)17-12(7-1-2-7)8-3-4-8/h5-8,12H,1-4H2,(H2,15,16)(H,17,18). The van der Waals surface area contributed by atoms with Gasteiger partial charge < -0.3 is 11.1 Å². The van der Waals surface area contributed by atoms with Crippen LogP contribution in [0, 0.1) is 11.8 Å². The molecule has 1 aromatic heterocycles. The van der Waals surface area contributed by atoms with E-state index in [0.29, 0.717) is 23.4 Å². The van der Waals surface area contributed by atoms with E-state index < -0.39 is 0 Å². The number of amides is 1. The first kappa shape index (κ1) is 11.8. The molecule has 1 heterocycles. The largest absolute Gasteiger partial charge is 0.384 e. The smallest absolute Gasteiger partial charge is 0.251 e. The molecule has 2 saturated carbocycles. The molecule has 0 aromatic carbocycles. The van der Waals surface area contributed by atoms with Gasteiger partial charge in [0, 0.05) is 11.6 Å². The molecule has 0 atom stereocenters. The maximum absolute atomic E-state index is 12.2. The van der Waals surface area contributed by atoms with Crippen molar-refractivity contribution >= 4 is 23.3 Å². The molecule has 1 aromatic rings. The van der Waals surface area contributed by atoms with Gasteiger partial charge in [0.25, 0.3) is 5.91 Å². The van der Waals surface area contributed by atoms with Crippen LogP contribution in [0.3, 0.4) is 0 Å². The van der Waals surface area contributed by atoms with Crippen LogP contribution in [0.5, 0.6) is 0 Å². The molecule has 2 fully saturated rings. The molecule has 1 amide bonds. The predicted octanol–water partition coefficient (Wildman–Crippen LogP) is 2.24. The van der Waals surface area contributed by atoms with E-state index in [-0.39, 0.29) is 16.9 Å². The highest BCUT2D eigenvalue weighted by Crippen LogP contribution is 2.44. The van der Waals surface area contributed by atoms with Crippen molar-refractivity contribution in [3.05, 3.63) is 22.8 Å². The van der Waals surface area contributed by atoms with Gasteiger partial charge in [-0.25, -0.2) is 4.98 Å². The van der Waals surface area contributed by atoms with Crippen LogP contribution in [0.2, 0.25) is 5.15 Å². The first-order valence-corrected chi connectivity index (χ1v) is 6.75. The second kappa shape index (κ2) is 4.43. The fourth-order valence-corrected chi connectivity index (χ4v) is 2.63. The third kappa shape index (κ3) is 2.58. The normalized spacial score (nSPS) is 19.0. The molecule has 0 radical (unpaired) electrons. The van der Waals surface area contributed by atoms with E-state index in [1.54, 1.807) is 12.1 Å². The lowest BCUT2D eigenvalue weighted by molar-refractivity contribution is 0.0926. The molecule has 0 spiro atoms. The Morgan fingerprint density at radius 3 is 2.44 bits per heavy atom. The molecule has 0 unspecified atom stereocenters. The topological polar surface area (TPSA) is 68.0 Å². The fraction of sp³-hybridized carbons (Fsp3) is 0.538. The lowest BCUT2D eigenvalue weighted by Crippen LogP contribution is -2.38. The number of carbonyl (C=O) groups excluding carboxylic acids is 1. The van der Waals surface area contributed by atoms with Crippen LogP contribution in [0.25, 0.3) is 0 Å². The van der Waals surface area contributed by atoms with E-state index >= 15 is 0 Å². The summed E-state index contributed by atoms with van der Waals surface area (Å²) in [6.45, 7) is 0. The number of nitrogens with zero attached hydrogens (tertiary/aromatic N) is 1. The molecule has 0 aliphatic heterocycles. The third-order valence-electron chi connectivity index (χ3n) is 3.63. The Hall–Kier alpha value is -1.29. The molecule has 4 nitrogen and oxygen atoms in total.